The summed E-state index contributed by atoms with van der Waals surface area (Å²) in [5.74, 6) is 0. The van der Waals surface area contributed by atoms with Crippen LogP contribution >= 0.6 is 0 Å². The Bertz CT molecular complexity index is 476. The van der Waals surface area contributed by atoms with Crippen molar-refractivity contribution in [1.29, 1.82) is 0 Å². The van der Waals surface area contributed by atoms with Crippen LogP contribution in [0.2, 0.25) is 0 Å². The highest BCUT2D eigenvalue weighted by molar-refractivity contribution is 5.87. The van der Waals surface area contributed by atoms with Gasteiger partial charge in [0.25, 0.3) is 0 Å². The van der Waals surface area contributed by atoms with E-state index in [0.29, 0.717) is 11.1 Å². The smallest absolute Gasteiger partial charge is 0.141 e. The Labute approximate surface area is 87.1 Å². The van der Waals surface area contributed by atoms with Crippen LogP contribution in [0.5, 0.6) is 0 Å². The fourth-order valence-electron chi connectivity index (χ4n) is 1.83. The monoisotopic (exact) mass is 207 g/mol. The molecule has 0 saturated carbocycles. The predicted octanol–water partition coefficient (Wildman–Crippen LogP) is 1.46. The number of benzene rings is 1. The molecule has 0 amide bonds. The normalized spacial score (nSPS) is 10.9. The second kappa shape index (κ2) is 3.92. The van der Waals surface area contributed by atoms with Crippen molar-refractivity contribution in [3.8, 4) is 0 Å². The molecule has 0 saturated heterocycles. The molecule has 0 aliphatic heterocycles. The summed E-state index contributed by atoms with van der Waals surface area (Å²) in [5, 5.41) is 22.4. The standard InChI is InChI=1S/C11H13NO3/c1-12-10-8(5-13)4-7-2-3-15-11(7)9(10)6-14/h2-4,12-14H,5-6H2,1H3. The summed E-state index contributed by atoms with van der Waals surface area (Å²) in [6.45, 7) is -0.182. The number of nitrogens with one attached hydrogen (secondary N) is 1. The number of aliphatic hydroxyl groups excluding tert-OH is 2. The van der Waals surface area contributed by atoms with Gasteiger partial charge in [-0.2, -0.15) is 0 Å². The van der Waals surface area contributed by atoms with Gasteiger partial charge in [-0.15, -0.1) is 0 Å². The van der Waals surface area contributed by atoms with E-state index in [1.54, 1.807) is 13.3 Å². The molecule has 80 valence electrons. The summed E-state index contributed by atoms with van der Waals surface area (Å²) < 4.78 is 5.30. The molecule has 0 radical (unpaired) electrons. The van der Waals surface area contributed by atoms with Gasteiger partial charge in [0.05, 0.1) is 19.5 Å². The first-order valence-corrected chi connectivity index (χ1v) is 4.73. The van der Waals surface area contributed by atoms with Crippen molar-refractivity contribution in [3.05, 3.63) is 29.5 Å². The Morgan fingerprint density at radius 2 is 2.13 bits per heavy atom. The van der Waals surface area contributed by atoms with Gasteiger partial charge in [-0.05, 0) is 12.1 Å². The lowest BCUT2D eigenvalue weighted by Crippen LogP contribution is -2.01. The van der Waals surface area contributed by atoms with Crippen molar-refractivity contribution in [1.82, 2.24) is 0 Å². The molecule has 0 aliphatic rings. The molecule has 0 fully saturated rings. The molecule has 0 unspecified atom stereocenters. The highest BCUT2D eigenvalue weighted by Gasteiger charge is 2.13. The Hall–Kier alpha value is -1.52. The van der Waals surface area contributed by atoms with E-state index >= 15 is 0 Å². The highest BCUT2D eigenvalue weighted by atomic mass is 16.3. The summed E-state index contributed by atoms with van der Waals surface area (Å²) in [6.07, 6.45) is 1.57. The van der Waals surface area contributed by atoms with Gasteiger partial charge >= 0.3 is 0 Å². The number of fused-ring (bicyclic) bond motifs is 1. The van der Waals surface area contributed by atoms with Crippen molar-refractivity contribution in [3.63, 3.8) is 0 Å². The van der Waals surface area contributed by atoms with E-state index in [0.717, 1.165) is 16.6 Å². The first-order chi connectivity index (χ1) is 7.31. The molecular weight excluding hydrogens is 194 g/mol. The van der Waals surface area contributed by atoms with E-state index in [-0.39, 0.29) is 13.2 Å². The summed E-state index contributed by atoms with van der Waals surface area (Å²) in [7, 11) is 1.75. The van der Waals surface area contributed by atoms with Crippen LogP contribution in [0.4, 0.5) is 5.69 Å². The third-order valence-corrected chi connectivity index (χ3v) is 2.50. The molecular formula is C11H13NO3. The van der Waals surface area contributed by atoms with Crippen LogP contribution in [-0.4, -0.2) is 17.3 Å². The van der Waals surface area contributed by atoms with Crippen LogP contribution < -0.4 is 5.32 Å². The zero-order valence-corrected chi connectivity index (χ0v) is 8.45. The Morgan fingerprint density at radius 1 is 1.33 bits per heavy atom. The quantitative estimate of drug-likeness (QED) is 0.712. The van der Waals surface area contributed by atoms with Gasteiger partial charge in [0, 0.05) is 29.2 Å². The molecule has 2 rings (SSSR count). The number of rotatable bonds is 3. The van der Waals surface area contributed by atoms with Gasteiger partial charge in [0.15, 0.2) is 0 Å². The van der Waals surface area contributed by atoms with E-state index in [9.17, 15) is 10.2 Å². The zero-order valence-electron chi connectivity index (χ0n) is 8.45. The topological polar surface area (TPSA) is 65.6 Å². The van der Waals surface area contributed by atoms with Crippen molar-refractivity contribution in [2.45, 2.75) is 13.2 Å². The van der Waals surface area contributed by atoms with Crippen molar-refractivity contribution >= 4 is 16.7 Å². The van der Waals surface area contributed by atoms with E-state index in [1.165, 1.54) is 0 Å². The largest absolute Gasteiger partial charge is 0.464 e. The minimum Gasteiger partial charge on any atom is -0.464 e. The molecule has 0 spiro atoms. The average Bonchev–Trinajstić information content (AvgIpc) is 2.73. The SMILES string of the molecule is CNc1c(CO)cc2ccoc2c1CO. The first-order valence-electron chi connectivity index (χ1n) is 4.73. The predicted molar refractivity (Wildman–Crippen MR) is 57.6 cm³/mol. The average molecular weight is 207 g/mol. The van der Waals surface area contributed by atoms with Crippen LogP contribution in [0.15, 0.2) is 22.8 Å². The van der Waals surface area contributed by atoms with Crippen LogP contribution in [0.1, 0.15) is 11.1 Å². The minimum atomic E-state index is -0.117. The van der Waals surface area contributed by atoms with Gasteiger partial charge in [0.2, 0.25) is 0 Å². The van der Waals surface area contributed by atoms with Gasteiger partial charge < -0.3 is 19.9 Å². The fourth-order valence-corrected chi connectivity index (χ4v) is 1.83. The lowest BCUT2D eigenvalue weighted by Gasteiger charge is -2.12. The third kappa shape index (κ3) is 1.48. The molecule has 0 bridgehead atoms. The summed E-state index contributed by atoms with van der Waals surface area (Å²) in [4.78, 5) is 0. The van der Waals surface area contributed by atoms with Gasteiger partial charge in [0.1, 0.15) is 5.58 Å². The summed E-state index contributed by atoms with van der Waals surface area (Å²) in [6, 6.07) is 3.66. The Balaban J connectivity index is 2.78. The van der Waals surface area contributed by atoms with Crippen LogP contribution in [0, 0.1) is 0 Å². The van der Waals surface area contributed by atoms with E-state index in [4.69, 9.17) is 4.42 Å². The number of hydrogen-bond donors (Lipinski definition) is 3. The minimum absolute atomic E-state index is 0.0652. The fraction of sp³-hybridized carbons (Fsp3) is 0.273. The van der Waals surface area contributed by atoms with E-state index < -0.39 is 0 Å². The van der Waals surface area contributed by atoms with E-state index in [1.807, 2.05) is 12.1 Å². The van der Waals surface area contributed by atoms with E-state index in [2.05, 4.69) is 5.32 Å². The molecule has 4 heteroatoms. The Morgan fingerprint density at radius 3 is 2.73 bits per heavy atom. The number of furan rings is 1. The van der Waals surface area contributed by atoms with Gasteiger partial charge in [-0.1, -0.05) is 0 Å². The molecule has 0 aliphatic carbocycles. The lowest BCUT2D eigenvalue weighted by molar-refractivity contribution is 0.277. The highest BCUT2D eigenvalue weighted by Crippen LogP contribution is 2.30. The molecule has 1 aromatic carbocycles. The number of aliphatic hydroxyl groups is 2. The van der Waals surface area contributed by atoms with Crippen LogP contribution in [-0.2, 0) is 13.2 Å². The second-order valence-corrected chi connectivity index (χ2v) is 3.29. The van der Waals surface area contributed by atoms with Gasteiger partial charge in [-0.3, -0.25) is 0 Å². The van der Waals surface area contributed by atoms with Crippen LogP contribution in [0.25, 0.3) is 11.0 Å². The van der Waals surface area contributed by atoms with Crippen molar-refractivity contribution < 1.29 is 14.6 Å². The maximum absolute atomic E-state index is 9.30. The first kappa shape index (κ1) is 10.0. The van der Waals surface area contributed by atoms with Gasteiger partial charge in [-0.25, -0.2) is 0 Å². The molecule has 3 N–H and O–H groups in total. The molecule has 15 heavy (non-hydrogen) atoms. The molecule has 0 atom stereocenters. The zero-order chi connectivity index (χ0) is 10.8. The van der Waals surface area contributed by atoms with Crippen molar-refractivity contribution in [2.75, 3.05) is 12.4 Å². The summed E-state index contributed by atoms with van der Waals surface area (Å²) >= 11 is 0. The van der Waals surface area contributed by atoms with Crippen LogP contribution in [0.3, 0.4) is 0 Å². The molecule has 1 aromatic heterocycles. The molecule has 1 heterocycles. The summed E-state index contributed by atoms with van der Waals surface area (Å²) in [5.41, 5.74) is 2.85. The van der Waals surface area contributed by atoms with Crippen molar-refractivity contribution in [2.24, 2.45) is 0 Å². The lowest BCUT2D eigenvalue weighted by atomic mass is 10.0. The Kier molecular flexibility index (Phi) is 2.62. The second-order valence-electron chi connectivity index (χ2n) is 3.29. The number of hydrogen-bond acceptors (Lipinski definition) is 4. The third-order valence-electron chi connectivity index (χ3n) is 2.50. The maximum atomic E-state index is 9.30. The molecule has 4 nitrogen and oxygen atoms in total. The number of anilines is 1. The maximum Gasteiger partial charge on any atom is 0.141 e. The molecule has 2 aromatic rings.